The first-order chi connectivity index (χ1) is 12.6. The van der Waals surface area contributed by atoms with Gasteiger partial charge in [-0.25, -0.2) is 4.98 Å². The van der Waals surface area contributed by atoms with E-state index in [9.17, 15) is 9.59 Å². The van der Waals surface area contributed by atoms with Crippen molar-refractivity contribution in [2.24, 2.45) is 0 Å². The number of methoxy groups -OCH3 is 1. The maximum absolute atomic E-state index is 12.6. The van der Waals surface area contributed by atoms with E-state index in [4.69, 9.17) is 4.74 Å². The van der Waals surface area contributed by atoms with Gasteiger partial charge in [-0.2, -0.15) is 0 Å². The number of imidazole rings is 1. The lowest BCUT2D eigenvalue weighted by molar-refractivity contribution is -0.141. The van der Waals surface area contributed by atoms with Crippen LogP contribution in [0.1, 0.15) is 30.4 Å². The van der Waals surface area contributed by atoms with Crippen molar-refractivity contribution in [3.05, 3.63) is 54.1 Å². The number of ether oxygens (including phenoxy) is 1. The lowest BCUT2D eigenvalue weighted by atomic mass is 10.1. The van der Waals surface area contributed by atoms with Gasteiger partial charge in [-0.15, -0.1) is 0 Å². The van der Waals surface area contributed by atoms with Gasteiger partial charge < -0.3 is 14.2 Å². The molecule has 0 atom stereocenters. The molecule has 0 N–H and O–H groups in total. The molecule has 0 fully saturated rings. The van der Waals surface area contributed by atoms with Crippen LogP contribution in [0.5, 0.6) is 0 Å². The van der Waals surface area contributed by atoms with Crippen LogP contribution in [0.15, 0.2) is 43.0 Å². The van der Waals surface area contributed by atoms with Crippen molar-refractivity contribution in [3.63, 3.8) is 0 Å². The molecule has 2 aromatic rings. The molecule has 0 saturated carbocycles. The monoisotopic (exact) mass is 357 g/mol. The quantitative estimate of drug-likeness (QED) is 0.613. The Morgan fingerprint density at radius 2 is 1.92 bits per heavy atom. The SMILES string of the molecule is COC(=O)CCN(CCCn1ccnc1)C(=O)CCc1ccc(C)cc1. The number of aryl methyl sites for hydroxylation is 3. The zero-order valence-electron chi connectivity index (χ0n) is 15.6. The van der Waals surface area contributed by atoms with Crippen LogP contribution in [0.25, 0.3) is 0 Å². The van der Waals surface area contributed by atoms with Crippen LogP contribution in [0, 0.1) is 6.92 Å². The molecule has 0 saturated heterocycles. The van der Waals surface area contributed by atoms with Crippen LogP contribution in [0.3, 0.4) is 0 Å². The fourth-order valence-corrected chi connectivity index (χ4v) is 2.72. The lowest BCUT2D eigenvalue weighted by Gasteiger charge is -2.22. The third kappa shape index (κ3) is 6.70. The Bertz CT molecular complexity index is 681. The molecule has 1 amide bonds. The third-order valence-corrected chi connectivity index (χ3v) is 4.32. The zero-order valence-corrected chi connectivity index (χ0v) is 15.6. The van der Waals surface area contributed by atoms with Crippen molar-refractivity contribution >= 4 is 11.9 Å². The molecule has 140 valence electrons. The Kier molecular flexibility index (Phi) is 7.86. The molecule has 6 heteroatoms. The van der Waals surface area contributed by atoms with E-state index in [0.717, 1.165) is 18.5 Å². The van der Waals surface area contributed by atoms with Gasteiger partial charge in [0, 0.05) is 38.4 Å². The van der Waals surface area contributed by atoms with Crippen LogP contribution in [0.4, 0.5) is 0 Å². The van der Waals surface area contributed by atoms with Gasteiger partial charge in [-0.1, -0.05) is 29.8 Å². The normalized spacial score (nSPS) is 10.5. The van der Waals surface area contributed by atoms with Gasteiger partial charge in [-0.05, 0) is 25.3 Å². The predicted molar refractivity (Wildman–Crippen MR) is 99.6 cm³/mol. The number of aromatic nitrogens is 2. The van der Waals surface area contributed by atoms with Gasteiger partial charge in [0.2, 0.25) is 5.91 Å². The van der Waals surface area contributed by atoms with Gasteiger partial charge >= 0.3 is 5.97 Å². The average Bonchev–Trinajstić information content (AvgIpc) is 3.16. The molecule has 6 nitrogen and oxygen atoms in total. The summed E-state index contributed by atoms with van der Waals surface area (Å²) >= 11 is 0. The Balaban J connectivity index is 1.86. The molecule has 1 aromatic heterocycles. The number of carbonyl (C=O) groups is 2. The summed E-state index contributed by atoms with van der Waals surface area (Å²) in [5, 5.41) is 0. The topological polar surface area (TPSA) is 64.4 Å². The maximum Gasteiger partial charge on any atom is 0.307 e. The molecular formula is C20H27N3O3. The summed E-state index contributed by atoms with van der Waals surface area (Å²) in [6.45, 7) is 3.84. The van der Waals surface area contributed by atoms with Gasteiger partial charge in [0.25, 0.3) is 0 Å². The van der Waals surface area contributed by atoms with Crippen LogP contribution in [-0.2, 0) is 27.3 Å². The molecule has 0 bridgehead atoms. The number of esters is 1. The number of nitrogens with zero attached hydrogens (tertiary/aromatic N) is 3. The van der Waals surface area contributed by atoms with Crippen molar-refractivity contribution in [3.8, 4) is 0 Å². The van der Waals surface area contributed by atoms with E-state index in [1.807, 2.05) is 17.7 Å². The Morgan fingerprint density at radius 1 is 1.15 bits per heavy atom. The molecule has 1 aromatic carbocycles. The fraction of sp³-hybridized carbons (Fsp3) is 0.450. The number of benzene rings is 1. The fourth-order valence-electron chi connectivity index (χ4n) is 2.72. The summed E-state index contributed by atoms with van der Waals surface area (Å²) in [5.74, 6) is -0.226. The Labute approximate surface area is 154 Å². The van der Waals surface area contributed by atoms with Crippen molar-refractivity contribution in [1.82, 2.24) is 14.5 Å². The number of rotatable bonds is 10. The predicted octanol–water partition coefficient (Wildman–Crippen LogP) is 2.61. The minimum Gasteiger partial charge on any atom is -0.469 e. The van der Waals surface area contributed by atoms with Gasteiger partial charge in [0.1, 0.15) is 0 Å². The first-order valence-electron chi connectivity index (χ1n) is 8.94. The highest BCUT2D eigenvalue weighted by Crippen LogP contribution is 2.08. The van der Waals surface area contributed by atoms with E-state index in [1.54, 1.807) is 17.4 Å². The highest BCUT2D eigenvalue weighted by Gasteiger charge is 2.15. The highest BCUT2D eigenvalue weighted by molar-refractivity contribution is 5.77. The highest BCUT2D eigenvalue weighted by atomic mass is 16.5. The molecule has 0 aliphatic heterocycles. The molecular weight excluding hydrogens is 330 g/mol. The smallest absolute Gasteiger partial charge is 0.307 e. The molecule has 2 rings (SSSR count). The van der Waals surface area contributed by atoms with E-state index >= 15 is 0 Å². The summed E-state index contributed by atoms with van der Waals surface area (Å²) in [5.41, 5.74) is 2.36. The van der Waals surface area contributed by atoms with Crippen molar-refractivity contribution in [2.75, 3.05) is 20.2 Å². The Morgan fingerprint density at radius 3 is 2.58 bits per heavy atom. The summed E-state index contributed by atoms with van der Waals surface area (Å²) in [4.78, 5) is 29.9. The van der Waals surface area contributed by atoms with Crippen LogP contribution >= 0.6 is 0 Å². The molecule has 0 unspecified atom stereocenters. The van der Waals surface area contributed by atoms with E-state index in [1.165, 1.54) is 12.7 Å². The van der Waals surface area contributed by atoms with Crippen molar-refractivity contribution in [1.29, 1.82) is 0 Å². The average molecular weight is 357 g/mol. The van der Waals surface area contributed by atoms with E-state index in [-0.39, 0.29) is 18.3 Å². The van der Waals surface area contributed by atoms with E-state index in [2.05, 4.69) is 29.2 Å². The van der Waals surface area contributed by atoms with Gasteiger partial charge in [0.05, 0.1) is 19.9 Å². The lowest BCUT2D eigenvalue weighted by Crippen LogP contribution is -2.34. The summed E-state index contributed by atoms with van der Waals surface area (Å²) in [6, 6.07) is 8.22. The molecule has 0 spiro atoms. The molecule has 26 heavy (non-hydrogen) atoms. The van der Waals surface area contributed by atoms with Gasteiger partial charge in [-0.3, -0.25) is 9.59 Å². The summed E-state index contributed by atoms with van der Waals surface area (Å²) < 4.78 is 6.68. The molecule has 0 aliphatic rings. The molecule has 0 aliphatic carbocycles. The van der Waals surface area contributed by atoms with Crippen molar-refractivity contribution < 1.29 is 14.3 Å². The number of carbonyl (C=O) groups excluding carboxylic acids is 2. The number of hydrogen-bond acceptors (Lipinski definition) is 4. The van der Waals surface area contributed by atoms with Crippen LogP contribution in [-0.4, -0.2) is 46.5 Å². The minimum atomic E-state index is -0.295. The van der Waals surface area contributed by atoms with Gasteiger partial charge in [0.15, 0.2) is 0 Å². The van der Waals surface area contributed by atoms with Crippen LogP contribution < -0.4 is 0 Å². The standard InChI is InChI=1S/C20H27N3O3/c1-17-4-6-18(7-5-17)8-9-19(24)23(14-10-20(25)26-2)13-3-12-22-15-11-21-16-22/h4-7,11,15-16H,3,8-10,12-14H2,1-2H3. The second-order valence-electron chi connectivity index (χ2n) is 6.35. The second kappa shape index (κ2) is 10.4. The first-order valence-corrected chi connectivity index (χ1v) is 8.94. The number of amides is 1. The van der Waals surface area contributed by atoms with Crippen molar-refractivity contribution in [2.45, 2.75) is 39.2 Å². The van der Waals surface area contributed by atoms with Crippen LogP contribution in [0.2, 0.25) is 0 Å². The summed E-state index contributed by atoms with van der Waals surface area (Å²) in [6.07, 6.45) is 7.58. The summed E-state index contributed by atoms with van der Waals surface area (Å²) in [7, 11) is 1.37. The Hall–Kier alpha value is -2.63. The first kappa shape index (κ1) is 19.7. The second-order valence-corrected chi connectivity index (χ2v) is 6.35. The number of hydrogen-bond donors (Lipinski definition) is 0. The largest absolute Gasteiger partial charge is 0.469 e. The third-order valence-electron chi connectivity index (χ3n) is 4.32. The van der Waals surface area contributed by atoms with E-state index in [0.29, 0.717) is 25.9 Å². The molecule has 0 radical (unpaired) electrons. The maximum atomic E-state index is 12.6. The molecule has 1 heterocycles. The van der Waals surface area contributed by atoms with E-state index < -0.39 is 0 Å². The zero-order chi connectivity index (χ0) is 18.8. The minimum absolute atomic E-state index is 0.0695.